The second kappa shape index (κ2) is 8.47. The van der Waals surface area contributed by atoms with Crippen LogP contribution < -0.4 is 14.8 Å². The Kier molecular flexibility index (Phi) is 5.83. The quantitative estimate of drug-likeness (QED) is 0.656. The molecule has 1 aromatic heterocycles. The van der Waals surface area contributed by atoms with E-state index in [0.717, 1.165) is 18.2 Å². The van der Waals surface area contributed by atoms with Crippen molar-refractivity contribution in [3.05, 3.63) is 53.6 Å². The molecule has 0 saturated carbocycles. The molecule has 0 unspecified atom stereocenters. The van der Waals surface area contributed by atoms with Crippen molar-refractivity contribution in [3.63, 3.8) is 0 Å². The van der Waals surface area contributed by atoms with Gasteiger partial charge in [0.25, 0.3) is 5.91 Å². The molecule has 0 bridgehead atoms. The molecule has 0 aliphatic carbocycles. The minimum Gasteiger partial charge on any atom is -0.490 e. The number of halogens is 2. The molecule has 3 aromatic rings. The van der Waals surface area contributed by atoms with Crippen LogP contribution in [0.15, 0.2) is 40.8 Å². The van der Waals surface area contributed by atoms with Crippen molar-refractivity contribution < 1.29 is 27.5 Å². The number of hydrogen-bond acceptors (Lipinski definition) is 6. The summed E-state index contributed by atoms with van der Waals surface area (Å²) in [4.78, 5) is 12.1. The van der Waals surface area contributed by atoms with E-state index in [2.05, 4.69) is 15.5 Å². The van der Waals surface area contributed by atoms with Gasteiger partial charge in [0.05, 0.1) is 13.2 Å². The van der Waals surface area contributed by atoms with Gasteiger partial charge in [-0.05, 0) is 50.2 Å². The zero-order valence-electron chi connectivity index (χ0n) is 15.2. The van der Waals surface area contributed by atoms with Gasteiger partial charge in [0.2, 0.25) is 5.89 Å². The zero-order chi connectivity index (χ0) is 20.1. The number of rotatable bonds is 7. The Morgan fingerprint density at radius 2 is 1.75 bits per heavy atom. The number of carbonyl (C=O) groups is 1. The van der Waals surface area contributed by atoms with E-state index in [1.54, 1.807) is 18.2 Å². The fraction of sp³-hybridized carbons (Fsp3) is 0.211. The highest BCUT2D eigenvalue weighted by Gasteiger charge is 2.16. The minimum atomic E-state index is -1.13. The molecule has 0 aliphatic rings. The molecule has 0 fully saturated rings. The first-order chi connectivity index (χ1) is 13.5. The molecule has 0 saturated heterocycles. The Hall–Kier alpha value is -3.49. The summed E-state index contributed by atoms with van der Waals surface area (Å²) in [6.07, 6.45) is 0. The summed E-state index contributed by atoms with van der Waals surface area (Å²) < 4.78 is 42.7. The maximum atomic E-state index is 13.3. The van der Waals surface area contributed by atoms with Crippen molar-refractivity contribution in [1.29, 1.82) is 0 Å². The average Bonchev–Trinajstić information content (AvgIpc) is 3.14. The molecule has 3 rings (SSSR count). The second-order valence-corrected chi connectivity index (χ2v) is 5.52. The van der Waals surface area contributed by atoms with Crippen LogP contribution in [0, 0.1) is 11.6 Å². The Bertz CT molecular complexity index is 991. The molecular weight excluding hydrogens is 372 g/mol. The van der Waals surface area contributed by atoms with Crippen LogP contribution in [0.5, 0.6) is 11.5 Å². The van der Waals surface area contributed by atoms with E-state index in [9.17, 15) is 13.6 Å². The number of amides is 1. The average molecular weight is 389 g/mol. The van der Waals surface area contributed by atoms with Crippen LogP contribution in [-0.4, -0.2) is 29.3 Å². The number of nitrogens with one attached hydrogen (secondary N) is 1. The van der Waals surface area contributed by atoms with Gasteiger partial charge in [0.1, 0.15) is 0 Å². The van der Waals surface area contributed by atoms with E-state index in [1.807, 2.05) is 13.8 Å². The SMILES string of the molecule is CCOc1ccc(-c2nnc(NC(=O)c3ccc(F)c(F)c3)o2)cc1OCC. The molecule has 0 aliphatic heterocycles. The topological polar surface area (TPSA) is 86.5 Å². The molecule has 28 heavy (non-hydrogen) atoms. The summed E-state index contributed by atoms with van der Waals surface area (Å²) >= 11 is 0. The van der Waals surface area contributed by atoms with Gasteiger partial charge >= 0.3 is 6.01 Å². The van der Waals surface area contributed by atoms with Crippen molar-refractivity contribution in [1.82, 2.24) is 10.2 Å². The first kappa shape index (κ1) is 19.3. The molecule has 0 radical (unpaired) electrons. The molecular formula is C19H17F2N3O4. The number of benzene rings is 2. The predicted molar refractivity (Wildman–Crippen MR) is 96.4 cm³/mol. The number of ether oxygens (including phenoxy) is 2. The first-order valence-electron chi connectivity index (χ1n) is 8.51. The van der Waals surface area contributed by atoms with Crippen LogP contribution in [0.25, 0.3) is 11.5 Å². The van der Waals surface area contributed by atoms with E-state index in [-0.39, 0.29) is 17.5 Å². The summed E-state index contributed by atoms with van der Waals surface area (Å²) in [6.45, 7) is 4.65. The van der Waals surface area contributed by atoms with Crippen LogP contribution in [0.3, 0.4) is 0 Å². The van der Waals surface area contributed by atoms with Gasteiger partial charge in [-0.25, -0.2) is 8.78 Å². The fourth-order valence-corrected chi connectivity index (χ4v) is 2.38. The van der Waals surface area contributed by atoms with Gasteiger partial charge in [-0.15, -0.1) is 5.10 Å². The summed E-state index contributed by atoms with van der Waals surface area (Å²) in [6, 6.07) is 7.71. The summed E-state index contributed by atoms with van der Waals surface area (Å²) in [5, 5.41) is 9.97. The maximum absolute atomic E-state index is 13.3. The molecule has 1 heterocycles. The molecule has 1 amide bonds. The number of nitrogens with zero attached hydrogens (tertiary/aromatic N) is 2. The minimum absolute atomic E-state index is 0.0849. The predicted octanol–water partition coefficient (Wildman–Crippen LogP) is 4.06. The lowest BCUT2D eigenvalue weighted by Crippen LogP contribution is -2.12. The highest BCUT2D eigenvalue weighted by molar-refractivity contribution is 6.03. The van der Waals surface area contributed by atoms with E-state index in [1.165, 1.54) is 0 Å². The lowest BCUT2D eigenvalue weighted by molar-refractivity contribution is 0.102. The summed E-state index contributed by atoms with van der Waals surface area (Å²) in [5.41, 5.74) is 0.478. The normalized spacial score (nSPS) is 10.6. The molecule has 146 valence electrons. The Balaban J connectivity index is 1.78. The lowest BCUT2D eigenvalue weighted by Gasteiger charge is -2.11. The number of hydrogen-bond donors (Lipinski definition) is 1. The van der Waals surface area contributed by atoms with Gasteiger partial charge in [-0.2, -0.15) is 0 Å². The standard InChI is InChI=1S/C19H17F2N3O4/c1-3-26-15-8-6-12(10-16(15)27-4-2)18-23-24-19(28-18)22-17(25)11-5-7-13(20)14(21)9-11/h5-10H,3-4H2,1-2H3,(H,22,24,25). The number of anilines is 1. The zero-order valence-corrected chi connectivity index (χ0v) is 15.2. The van der Waals surface area contributed by atoms with Crippen LogP contribution in [0.2, 0.25) is 0 Å². The van der Waals surface area contributed by atoms with E-state index >= 15 is 0 Å². The van der Waals surface area contributed by atoms with Gasteiger partial charge in [0.15, 0.2) is 23.1 Å². The third-order valence-electron chi connectivity index (χ3n) is 3.62. The van der Waals surface area contributed by atoms with Crippen LogP contribution >= 0.6 is 0 Å². The molecule has 7 nitrogen and oxygen atoms in total. The van der Waals surface area contributed by atoms with Crippen molar-refractivity contribution in [2.45, 2.75) is 13.8 Å². The molecule has 1 N–H and O–H groups in total. The lowest BCUT2D eigenvalue weighted by atomic mass is 10.2. The summed E-state index contributed by atoms with van der Waals surface area (Å²) in [7, 11) is 0. The Morgan fingerprint density at radius 1 is 1.00 bits per heavy atom. The highest BCUT2D eigenvalue weighted by Crippen LogP contribution is 2.32. The van der Waals surface area contributed by atoms with Gasteiger partial charge in [-0.3, -0.25) is 10.1 Å². The molecule has 0 spiro atoms. The smallest absolute Gasteiger partial charge is 0.322 e. The van der Waals surface area contributed by atoms with Crippen molar-refractivity contribution in [2.75, 3.05) is 18.5 Å². The summed E-state index contributed by atoms with van der Waals surface area (Å²) in [5.74, 6) is -1.64. The molecule has 9 heteroatoms. The van der Waals surface area contributed by atoms with Crippen LogP contribution in [0.4, 0.5) is 14.8 Å². The monoisotopic (exact) mass is 389 g/mol. The Labute approximate surface area is 159 Å². The van der Waals surface area contributed by atoms with Gasteiger partial charge < -0.3 is 13.9 Å². The Morgan fingerprint density at radius 3 is 2.46 bits per heavy atom. The van der Waals surface area contributed by atoms with E-state index in [0.29, 0.717) is 30.3 Å². The van der Waals surface area contributed by atoms with E-state index < -0.39 is 17.5 Å². The van der Waals surface area contributed by atoms with Crippen molar-refractivity contribution >= 4 is 11.9 Å². The first-order valence-corrected chi connectivity index (χ1v) is 8.51. The third-order valence-corrected chi connectivity index (χ3v) is 3.62. The van der Waals surface area contributed by atoms with Gasteiger partial charge in [-0.1, -0.05) is 5.10 Å². The van der Waals surface area contributed by atoms with Gasteiger partial charge in [0, 0.05) is 11.1 Å². The highest BCUT2D eigenvalue weighted by atomic mass is 19.2. The maximum Gasteiger partial charge on any atom is 0.322 e. The molecule has 0 atom stereocenters. The third kappa shape index (κ3) is 4.25. The number of aromatic nitrogens is 2. The second-order valence-electron chi connectivity index (χ2n) is 5.52. The van der Waals surface area contributed by atoms with Crippen molar-refractivity contribution in [3.8, 4) is 23.0 Å². The fourth-order valence-electron chi connectivity index (χ4n) is 2.38. The molecule has 2 aromatic carbocycles. The van der Waals surface area contributed by atoms with Crippen LogP contribution in [0.1, 0.15) is 24.2 Å². The number of carbonyl (C=O) groups excluding carboxylic acids is 1. The van der Waals surface area contributed by atoms with Crippen LogP contribution in [-0.2, 0) is 0 Å². The van der Waals surface area contributed by atoms with E-state index in [4.69, 9.17) is 13.9 Å². The van der Waals surface area contributed by atoms with Crippen molar-refractivity contribution in [2.24, 2.45) is 0 Å². The largest absolute Gasteiger partial charge is 0.490 e.